The Morgan fingerprint density at radius 2 is 1.55 bits per heavy atom. The second-order valence-corrected chi connectivity index (χ2v) is 8.42. The summed E-state index contributed by atoms with van der Waals surface area (Å²) >= 11 is 0. The Labute approximate surface area is 197 Å². The van der Waals surface area contributed by atoms with Gasteiger partial charge in [0.2, 0.25) is 5.95 Å². The largest absolute Gasteiger partial charge is 0.494 e. The molecule has 0 aliphatic heterocycles. The van der Waals surface area contributed by atoms with Crippen molar-refractivity contribution in [1.29, 1.82) is 0 Å². The first-order valence-corrected chi connectivity index (χ1v) is 12.1. The highest BCUT2D eigenvalue weighted by molar-refractivity contribution is 5.84. The van der Waals surface area contributed by atoms with Crippen LogP contribution in [0.1, 0.15) is 56.6 Å². The van der Waals surface area contributed by atoms with Gasteiger partial charge in [0.15, 0.2) is 0 Å². The minimum Gasteiger partial charge on any atom is -0.494 e. The molecule has 4 heteroatoms. The zero-order valence-electron chi connectivity index (χ0n) is 19.5. The molecule has 0 atom stereocenters. The van der Waals surface area contributed by atoms with Crippen molar-refractivity contribution in [3.05, 3.63) is 90.0 Å². The number of ether oxygens (including phenoxy) is 1. The topological polar surface area (TPSA) is 39.4 Å². The van der Waals surface area contributed by atoms with E-state index in [1.54, 1.807) is 0 Å². The third-order valence-electron chi connectivity index (χ3n) is 5.79. The van der Waals surface area contributed by atoms with Crippen molar-refractivity contribution in [3.8, 4) is 5.75 Å². The molecule has 4 aromatic rings. The highest BCUT2D eigenvalue weighted by atomic mass is 16.5. The molecule has 0 bridgehead atoms. The van der Waals surface area contributed by atoms with Gasteiger partial charge in [0, 0.05) is 6.21 Å². The molecule has 4 rings (SSSR count). The van der Waals surface area contributed by atoms with E-state index in [1.165, 1.54) is 37.7 Å². The number of hydrogen-bond donors (Lipinski definition) is 0. The highest BCUT2D eigenvalue weighted by Gasteiger charge is 2.09. The van der Waals surface area contributed by atoms with Crippen LogP contribution in [-0.4, -0.2) is 22.4 Å². The average molecular weight is 440 g/mol. The van der Waals surface area contributed by atoms with Crippen LogP contribution in [0, 0.1) is 0 Å². The van der Waals surface area contributed by atoms with Crippen molar-refractivity contribution in [3.63, 3.8) is 0 Å². The normalized spacial score (nSPS) is 11.4. The monoisotopic (exact) mass is 439 g/mol. The maximum absolute atomic E-state index is 5.89. The number of para-hydroxylation sites is 2. The second-order valence-electron chi connectivity index (χ2n) is 8.42. The van der Waals surface area contributed by atoms with E-state index < -0.39 is 0 Å². The van der Waals surface area contributed by atoms with Gasteiger partial charge in [-0.15, -0.1) is 0 Å². The van der Waals surface area contributed by atoms with Crippen LogP contribution in [0.5, 0.6) is 5.75 Å². The van der Waals surface area contributed by atoms with E-state index in [0.717, 1.165) is 41.9 Å². The number of aromatic nitrogens is 2. The van der Waals surface area contributed by atoms with Crippen molar-refractivity contribution in [2.24, 2.45) is 4.99 Å². The SMILES string of the molecule is CCCCCCCCOc1ccc(C=Nc2nc3ccccc3n2Cc2ccccc2)cc1. The predicted molar refractivity (Wildman–Crippen MR) is 138 cm³/mol. The smallest absolute Gasteiger partial charge is 0.230 e. The van der Waals surface area contributed by atoms with E-state index in [1.807, 2.05) is 54.7 Å². The maximum atomic E-state index is 5.89. The summed E-state index contributed by atoms with van der Waals surface area (Å²) in [4.78, 5) is 9.49. The van der Waals surface area contributed by atoms with Gasteiger partial charge in [-0.05, 0) is 53.9 Å². The quantitative estimate of drug-likeness (QED) is 0.169. The molecule has 0 aliphatic carbocycles. The Balaban J connectivity index is 1.39. The molecule has 0 unspecified atom stereocenters. The Kier molecular flexibility index (Phi) is 8.29. The summed E-state index contributed by atoms with van der Waals surface area (Å²) in [5.41, 5.74) is 4.30. The van der Waals surface area contributed by atoms with E-state index >= 15 is 0 Å². The molecule has 0 amide bonds. The summed E-state index contributed by atoms with van der Waals surface area (Å²) < 4.78 is 8.06. The van der Waals surface area contributed by atoms with E-state index in [9.17, 15) is 0 Å². The summed E-state index contributed by atoms with van der Waals surface area (Å²) in [6.45, 7) is 3.76. The molecule has 170 valence electrons. The molecule has 3 aromatic carbocycles. The van der Waals surface area contributed by atoms with Crippen LogP contribution in [0.3, 0.4) is 0 Å². The molecule has 33 heavy (non-hydrogen) atoms. The van der Waals surface area contributed by atoms with Gasteiger partial charge in [-0.2, -0.15) is 0 Å². The fraction of sp³-hybridized carbons (Fsp3) is 0.310. The molecule has 0 radical (unpaired) electrons. The maximum Gasteiger partial charge on any atom is 0.230 e. The first-order chi connectivity index (χ1) is 16.3. The van der Waals surface area contributed by atoms with Crippen LogP contribution in [-0.2, 0) is 6.54 Å². The summed E-state index contributed by atoms with van der Waals surface area (Å²) in [5.74, 6) is 1.63. The number of rotatable bonds is 12. The lowest BCUT2D eigenvalue weighted by atomic mass is 10.1. The van der Waals surface area contributed by atoms with E-state index in [-0.39, 0.29) is 0 Å². The van der Waals surface area contributed by atoms with Crippen molar-refractivity contribution < 1.29 is 4.74 Å². The summed E-state index contributed by atoms with van der Waals surface area (Å²) in [6, 6.07) is 26.7. The minimum absolute atomic E-state index is 0.712. The second kappa shape index (κ2) is 12.0. The van der Waals surface area contributed by atoms with Crippen molar-refractivity contribution in [1.82, 2.24) is 9.55 Å². The molecule has 1 heterocycles. The first-order valence-electron chi connectivity index (χ1n) is 12.1. The van der Waals surface area contributed by atoms with Gasteiger partial charge in [0.25, 0.3) is 0 Å². The highest BCUT2D eigenvalue weighted by Crippen LogP contribution is 2.23. The molecule has 0 fully saturated rings. The molecule has 0 spiro atoms. The Bertz CT molecular complexity index is 1150. The number of unbranched alkanes of at least 4 members (excludes halogenated alkanes) is 5. The van der Waals surface area contributed by atoms with E-state index in [4.69, 9.17) is 14.7 Å². The zero-order chi connectivity index (χ0) is 22.7. The molecule has 0 N–H and O–H groups in total. The van der Waals surface area contributed by atoms with Gasteiger partial charge in [-0.3, -0.25) is 0 Å². The number of benzene rings is 3. The van der Waals surface area contributed by atoms with Crippen LogP contribution in [0.4, 0.5) is 5.95 Å². The Morgan fingerprint density at radius 1 is 0.818 bits per heavy atom. The average Bonchev–Trinajstić information content (AvgIpc) is 3.21. The summed E-state index contributed by atoms with van der Waals surface area (Å²) in [7, 11) is 0. The van der Waals surface area contributed by atoms with E-state index in [2.05, 4.69) is 41.8 Å². The molecular weight excluding hydrogens is 406 g/mol. The Hall–Kier alpha value is -3.40. The number of aliphatic imine (C=N–C) groups is 1. The number of nitrogens with zero attached hydrogens (tertiary/aromatic N) is 3. The predicted octanol–water partition coefficient (Wildman–Crippen LogP) is 7.57. The van der Waals surface area contributed by atoms with Gasteiger partial charge in [0.05, 0.1) is 24.2 Å². The third-order valence-corrected chi connectivity index (χ3v) is 5.79. The third kappa shape index (κ3) is 6.55. The molecule has 0 saturated carbocycles. The van der Waals surface area contributed by atoms with Crippen LogP contribution >= 0.6 is 0 Å². The standard InChI is InChI=1S/C29H33N3O/c1-2-3-4-5-6-12-21-33-26-19-17-24(18-20-26)22-30-29-31-27-15-10-11-16-28(27)32(29)23-25-13-8-7-9-14-25/h7-11,13-20,22H,2-6,12,21,23H2,1H3. The number of fused-ring (bicyclic) bond motifs is 1. The van der Waals surface area contributed by atoms with Crippen LogP contribution < -0.4 is 4.74 Å². The minimum atomic E-state index is 0.712. The van der Waals surface area contributed by atoms with Crippen molar-refractivity contribution in [2.45, 2.75) is 52.0 Å². The van der Waals surface area contributed by atoms with Gasteiger partial charge < -0.3 is 9.30 Å². The lowest BCUT2D eigenvalue weighted by Gasteiger charge is -2.07. The van der Waals surface area contributed by atoms with E-state index in [0.29, 0.717) is 5.95 Å². The van der Waals surface area contributed by atoms with Crippen LogP contribution in [0.15, 0.2) is 83.9 Å². The zero-order valence-corrected chi connectivity index (χ0v) is 19.5. The number of hydrogen-bond acceptors (Lipinski definition) is 3. The molecule has 0 aliphatic rings. The van der Waals surface area contributed by atoms with Gasteiger partial charge in [-0.25, -0.2) is 9.98 Å². The lowest BCUT2D eigenvalue weighted by Crippen LogP contribution is -1.99. The fourth-order valence-electron chi connectivity index (χ4n) is 3.94. The van der Waals surface area contributed by atoms with Crippen LogP contribution in [0.25, 0.3) is 11.0 Å². The number of imidazole rings is 1. The molecule has 4 nitrogen and oxygen atoms in total. The van der Waals surface area contributed by atoms with Crippen molar-refractivity contribution >= 4 is 23.2 Å². The van der Waals surface area contributed by atoms with Crippen molar-refractivity contribution in [2.75, 3.05) is 6.61 Å². The lowest BCUT2D eigenvalue weighted by molar-refractivity contribution is 0.304. The first kappa shape index (κ1) is 22.8. The van der Waals surface area contributed by atoms with Gasteiger partial charge >= 0.3 is 0 Å². The summed E-state index contributed by atoms with van der Waals surface area (Å²) in [6.07, 6.45) is 9.51. The summed E-state index contributed by atoms with van der Waals surface area (Å²) in [5, 5.41) is 0. The van der Waals surface area contributed by atoms with Crippen LogP contribution in [0.2, 0.25) is 0 Å². The fourth-order valence-corrected chi connectivity index (χ4v) is 3.94. The van der Waals surface area contributed by atoms with Gasteiger partial charge in [0.1, 0.15) is 5.75 Å². The molecule has 1 aromatic heterocycles. The molecular formula is C29H33N3O. The van der Waals surface area contributed by atoms with Gasteiger partial charge in [-0.1, -0.05) is 81.5 Å². The Morgan fingerprint density at radius 3 is 2.36 bits per heavy atom. The molecule has 0 saturated heterocycles.